The van der Waals surface area contributed by atoms with Gasteiger partial charge in [0.2, 0.25) is 0 Å². The molecular weight excluding hydrogens is 321 g/mol. The second kappa shape index (κ2) is 6.07. The largest absolute Gasteiger partial charge is 0.461 e. The van der Waals surface area contributed by atoms with Crippen molar-refractivity contribution < 1.29 is 32.1 Å². The Morgan fingerprint density at radius 2 is 2.09 bits per heavy atom. The summed E-state index contributed by atoms with van der Waals surface area (Å²) in [5, 5.41) is 14.4. The molecule has 0 bridgehead atoms. The average molecular weight is 330 g/mol. The number of carbonyl (C=O) groups excluding carboxylic acids is 1. The molecule has 0 saturated carbocycles. The molecule has 0 saturated heterocycles. The highest BCUT2D eigenvalue weighted by atomic mass is 19.4. The van der Waals surface area contributed by atoms with E-state index in [9.17, 15) is 28.1 Å². The zero-order chi connectivity index (χ0) is 17.2. The van der Waals surface area contributed by atoms with Crippen LogP contribution in [0, 0.1) is 10.1 Å². The molecule has 2 rings (SSSR count). The minimum absolute atomic E-state index is 0.00415. The molecule has 0 N–H and O–H groups in total. The van der Waals surface area contributed by atoms with Gasteiger partial charge in [-0.3, -0.25) is 10.1 Å². The molecule has 0 fully saturated rings. The summed E-state index contributed by atoms with van der Waals surface area (Å²) in [5.74, 6) is -0.956. The van der Waals surface area contributed by atoms with Crippen molar-refractivity contribution in [2.75, 3.05) is 6.61 Å². The van der Waals surface area contributed by atoms with Crippen LogP contribution >= 0.6 is 0 Å². The van der Waals surface area contributed by atoms with Crippen LogP contribution in [-0.2, 0) is 10.9 Å². The first-order valence-electron chi connectivity index (χ1n) is 6.23. The maximum atomic E-state index is 12.8. The first-order chi connectivity index (χ1) is 10.8. The predicted molar refractivity (Wildman–Crippen MR) is 69.6 cm³/mol. The monoisotopic (exact) mass is 330 g/mol. The van der Waals surface area contributed by atoms with Crippen molar-refractivity contribution in [2.24, 2.45) is 0 Å². The normalized spacial score (nSPS) is 11.3. The van der Waals surface area contributed by atoms with Crippen molar-refractivity contribution in [3.8, 4) is 11.1 Å². The molecule has 23 heavy (non-hydrogen) atoms. The van der Waals surface area contributed by atoms with Crippen LogP contribution in [0.1, 0.15) is 23.0 Å². The molecule has 1 aromatic carbocycles. The van der Waals surface area contributed by atoms with E-state index in [1.165, 1.54) is 6.92 Å². The first kappa shape index (κ1) is 16.5. The lowest BCUT2D eigenvalue weighted by Crippen LogP contribution is -2.08. The second-order valence-corrected chi connectivity index (χ2v) is 4.28. The number of nitro benzene ring substituents is 1. The van der Waals surface area contributed by atoms with Gasteiger partial charge in [-0.1, -0.05) is 5.16 Å². The van der Waals surface area contributed by atoms with Gasteiger partial charge in [0.15, 0.2) is 5.69 Å². The smallest absolute Gasteiger partial charge is 0.416 e. The van der Waals surface area contributed by atoms with Crippen molar-refractivity contribution in [2.45, 2.75) is 13.1 Å². The van der Waals surface area contributed by atoms with Gasteiger partial charge in [-0.2, -0.15) is 13.2 Å². The van der Waals surface area contributed by atoms with E-state index in [2.05, 4.69) is 9.68 Å². The van der Waals surface area contributed by atoms with Crippen LogP contribution in [0.15, 0.2) is 29.0 Å². The van der Waals surface area contributed by atoms with Gasteiger partial charge < -0.3 is 9.26 Å². The summed E-state index contributed by atoms with van der Waals surface area (Å²) in [4.78, 5) is 21.9. The number of nitro groups is 1. The lowest BCUT2D eigenvalue weighted by molar-refractivity contribution is -0.384. The summed E-state index contributed by atoms with van der Waals surface area (Å²) in [6.45, 7) is 1.51. The number of ether oxygens (including phenoxy) is 1. The number of carbonyl (C=O) groups is 1. The number of esters is 1. The van der Waals surface area contributed by atoms with Crippen molar-refractivity contribution in [1.82, 2.24) is 5.16 Å². The topological polar surface area (TPSA) is 95.5 Å². The SMILES string of the molecule is CCOC(=O)c1nocc1-c1cc(C(F)(F)F)ccc1[N+](=O)[O-]. The van der Waals surface area contributed by atoms with Gasteiger partial charge in [0.1, 0.15) is 6.26 Å². The van der Waals surface area contributed by atoms with Gasteiger partial charge in [0, 0.05) is 6.07 Å². The fourth-order valence-corrected chi connectivity index (χ4v) is 1.86. The van der Waals surface area contributed by atoms with Gasteiger partial charge in [-0.25, -0.2) is 4.79 Å². The molecule has 0 aliphatic rings. The number of hydrogen-bond acceptors (Lipinski definition) is 6. The van der Waals surface area contributed by atoms with Crippen molar-refractivity contribution in [3.05, 3.63) is 45.8 Å². The number of benzene rings is 1. The van der Waals surface area contributed by atoms with Gasteiger partial charge in [-0.05, 0) is 19.1 Å². The van der Waals surface area contributed by atoms with E-state index in [0.717, 1.165) is 6.26 Å². The third-order valence-electron chi connectivity index (χ3n) is 2.85. The Morgan fingerprint density at radius 3 is 2.65 bits per heavy atom. The summed E-state index contributed by atoms with van der Waals surface area (Å²) in [7, 11) is 0. The van der Waals surface area contributed by atoms with Gasteiger partial charge in [0.05, 0.1) is 28.2 Å². The predicted octanol–water partition coefficient (Wildman–Crippen LogP) is 3.45. The molecule has 0 aliphatic heterocycles. The van der Waals surface area contributed by atoms with Crippen LogP contribution in [0.5, 0.6) is 0 Å². The lowest BCUT2D eigenvalue weighted by Gasteiger charge is -2.09. The molecule has 10 heteroatoms. The Bertz CT molecular complexity index is 754. The van der Waals surface area contributed by atoms with Gasteiger partial charge >= 0.3 is 12.1 Å². The number of halogens is 3. The van der Waals surface area contributed by atoms with Crippen molar-refractivity contribution >= 4 is 11.7 Å². The average Bonchev–Trinajstić information content (AvgIpc) is 2.95. The molecule has 1 heterocycles. The molecule has 7 nitrogen and oxygen atoms in total. The molecular formula is C13H9F3N2O5. The third-order valence-corrected chi connectivity index (χ3v) is 2.85. The molecule has 122 valence electrons. The summed E-state index contributed by atoms with van der Waals surface area (Å²) >= 11 is 0. The van der Waals surface area contributed by atoms with Crippen LogP contribution in [-0.4, -0.2) is 22.7 Å². The van der Waals surface area contributed by atoms with E-state index in [1.54, 1.807) is 0 Å². The van der Waals surface area contributed by atoms with Crippen molar-refractivity contribution in [1.29, 1.82) is 0 Å². The van der Waals surface area contributed by atoms with Gasteiger partial charge in [-0.15, -0.1) is 0 Å². The maximum absolute atomic E-state index is 12.8. The van der Waals surface area contributed by atoms with Crippen LogP contribution in [0.25, 0.3) is 11.1 Å². The van der Waals surface area contributed by atoms with Crippen LogP contribution in [0.4, 0.5) is 18.9 Å². The number of nitrogens with zero attached hydrogens (tertiary/aromatic N) is 2. The molecule has 0 aliphatic carbocycles. The second-order valence-electron chi connectivity index (χ2n) is 4.28. The van der Waals surface area contributed by atoms with E-state index >= 15 is 0 Å². The van der Waals surface area contributed by atoms with E-state index in [-0.39, 0.29) is 12.2 Å². The summed E-state index contributed by atoms with van der Waals surface area (Å²) in [6.07, 6.45) is -3.85. The summed E-state index contributed by atoms with van der Waals surface area (Å²) in [5.41, 5.74) is -2.84. The fourth-order valence-electron chi connectivity index (χ4n) is 1.86. The molecule has 2 aromatic rings. The van der Waals surface area contributed by atoms with E-state index in [0.29, 0.717) is 18.2 Å². The van der Waals surface area contributed by atoms with Crippen molar-refractivity contribution in [3.63, 3.8) is 0 Å². The Kier molecular flexibility index (Phi) is 4.34. The highest BCUT2D eigenvalue weighted by molar-refractivity contribution is 5.96. The highest BCUT2D eigenvalue weighted by Gasteiger charge is 2.34. The third kappa shape index (κ3) is 3.30. The molecule has 0 unspecified atom stereocenters. The van der Waals surface area contributed by atoms with E-state index < -0.39 is 39.6 Å². The molecule has 0 atom stereocenters. The minimum Gasteiger partial charge on any atom is -0.461 e. The lowest BCUT2D eigenvalue weighted by atomic mass is 10.0. The quantitative estimate of drug-likeness (QED) is 0.484. The summed E-state index contributed by atoms with van der Waals surface area (Å²) in [6, 6.07) is 1.85. The Balaban J connectivity index is 2.64. The zero-order valence-electron chi connectivity index (χ0n) is 11.6. The maximum Gasteiger partial charge on any atom is 0.416 e. The van der Waals surface area contributed by atoms with Gasteiger partial charge in [0.25, 0.3) is 5.69 Å². The van der Waals surface area contributed by atoms with E-state index in [1.807, 2.05) is 0 Å². The summed E-state index contributed by atoms with van der Waals surface area (Å²) < 4.78 is 47.7. The zero-order valence-corrected chi connectivity index (χ0v) is 11.6. The van der Waals surface area contributed by atoms with Crippen LogP contribution < -0.4 is 0 Å². The standard InChI is InChI=1S/C13H9F3N2O5/c1-2-22-12(19)11-9(6-23-17-11)8-5-7(13(14,15)16)3-4-10(8)18(20)21/h3-6H,2H2,1H3. The first-order valence-corrected chi connectivity index (χ1v) is 6.23. The Labute approximate surface area is 126 Å². The Hall–Kier alpha value is -2.91. The molecule has 0 amide bonds. The molecule has 1 aromatic heterocycles. The van der Waals surface area contributed by atoms with Crippen LogP contribution in [0.3, 0.4) is 0 Å². The number of aromatic nitrogens is 1. The highest BCUT2D eigenvalue weighted by Crippen LogP contribution is 2.38. The number of alkyl halides is 3. The van der Waals surface area contributed by atoms with E-state index in [4.69, 9.17) is 4.74 Å². The minimum atomic E-state index is -4.70. The molecule has 0 radical (unpaired) electrons. The number of hydrogen-bond donors (Lipinski definition) is 0. The Morgan fingerprint density at radius 1 is 1.39 bits per heavy atom. The molecule has 0 spiro atoms. The fraction of sp³-hybridized carbons (Fsp3) is 0.231. The number of rotatable bonds is 4. The van der Waals surface area contributed by atoms with Crippen LogP contribution in [0.2, 0.25) is 0 Å².